The molecule has 112 valence electrons. The highest BCUT2D eigenvalue weighted by atomic mass is 19.1. The molecule has 0 radical (unpaired) electrons. The Morgan fingerprint density at radius 2 is 2.30 bits per heavy atom. The van der Waals surface area contributed by atoms with Crippen LogP contribution in [0.5, 0.6) is 0 Å². The van der Waals surface area contributed by atoms with Gasteiger partial charge < -0.3 is 15.1 Å². The maximum Gasteiger partial charge on any atom is 0.141 e. The predicted octanol–water partition coefficient (Wildman–Crippen LogP) is 1.86. The molecular weight excluding hydrogens is 255 g/mol. The van der Waals surface area contributed by atoms with Crippen LogP contribution >= 0.6 is 0 Å². The quantitative estimate of drug-likeness (QED) is 0.862. The van der Waals surface area contributed by atoms with Crippen LogP contribution in [0.25, 0.3) is 0 Å². The minimum Gasteiger partial charge on any atom is -0.352 e. The van der Waals surface area contributed by atoms with Crippen molar-refractivity contribution in [3.8, 4) is 0 Å². The zero-order chi connectivity index (χ0) is 14.5. The van der Waals surface area contributed by atoms with E-state index in [2.05, 4.69) is 41.1 Å². The lowest BCUT2D eigenvalue weighted by Crippen LogP contribution is -2.38. The minimum atomic E-state index is -0.259. The van der Waals surface area contributed by atoms with E-state index in [4.69, 9.17) is 0 Å². The Morgan fingerprint density at radius 1 is 1.50 bits per heavy atom. The Hall–Kier alpha value is -1.20. The first kappa shape index (κ1) is 15.2. The van der Waals surface area contributed by atoms with E-state index >= 15 is 0 Å². The van der Waals surface area contributed by atoms with Crippen LogP contribution in [0.2, 0.25) is 0 Å². The summed E-state index contributed by atoms with van der Waals surface area (Å²) in [5.74, 6) is 0.682. The number of pyridine rings is 1. The number of hydrogen-bond donors (Lipinski definition) is 1. The maximum atomic E-state index is 13.5. The van der Waals surface area contributed by atoms with Gasteiger partial charge in [-0.05, 0) is 39.5 Å². The summed E-state index contributed by atoms with van der Waals surface area (Å²) < 4.78 is 13.5. The third-order valence-corrected chi connectivity index (χ3v) is 3.70. The Kier molecular flexibility index (Phi) is 5.31. The fourth-order valence-corrected chi connectivity index (χ4v) is 2.85. The molecule has 1 aliphatic rings. The Bertz CT molecular complexity index is 436. The first-order valence-corrected chi connectivity index (χ1v) is 7.38. The van der Waals surface area contributed by atoms with Crippen LogP contribution in [0.15, 0.2) is 12.3 Å². The van der Waals surface area contributed by atoms with Gasteiger partial charge in [-0.2, -0.15) is 0 Å². The summed E-state index contributed by atoms with van der Waals surface area (Å²) in [6.45, 7) is 5.62. The van der Waals surface area contributed by atoms with Crippen LogP contribution in [-0.4, -0.2) is 49.7 Å². The number of halogens is 1. The van der Waals surface area contributed by atoms with Crippen molar-refractivity contribution in [3.63, 3.8) is 0 Å². The van der Waals surface area contributed by atoms with Gasteiger partial charge in [0.2, 0.25) is 0 Å². The molecule has 0 spiro atoms. The second-order valence-corrected chi connectivity index (χ2v) is 5.67. The molecule has 1 saturated heterocycles. The number of nitrogens with zero attached hydrogens (tertiary/aromatic N) is 3. The second-order valence-electron chi connectivity index (χ2n) is 5.67. The van der Waals surface area contributed by atoms with Crippen LogP contribution in [0.1, 0.15) is 25.3 Å². The van der Waals surface area contributed by atoms with E-state index < -0.39 is 0 Å². The summed E-state index contributed by atoms with van der Waals surface area (Å²) in [6, 6.07) is 2.08. The lowest BCUT2D eigenvalue weighted by molar-refractivity contribution is 0.371. The molecule has 1 aliphatic heterocycles. The highest BCUT2D eigenvalue weighted by Gasteiger charge is 2.27. The fourth-order valence-electron chi connectivity index (χ4n) is 2.85. The van der Waals surface area contributed by atoms with E-state index in [0.717, 1.165) is 31.0 Å². The molecule has 1 aromatic heterocycles. The van der Waals surface area contributed by atoms with Gasteiger partial charge in [-0.25, -0.2) is 9.37 Å². The van der Waals surface area contributed by atoms with Crippen molar-refractivity contribution >= 4 is 5.82 Å². The van der Waals surface area contributed by atoms with Gasteiger partial charge in [-0.1, -0.05) is 6.92 Å². The number of rotatable bonds is 6. The number of nitrogens with one attached hydrogen (secondary N) is 1. The van der Waals surface area contributed by atoms with Gasteiger partial charge >= 0.3 is 0 Å². The standard InChI is InChI=1S/C15H25FN4/c1-4-17-9-12-8-13(16)10-18-15(12)20-7-5-6-14(20)11-19(2)3/h8,10,14,17H,4-7,9,11H2,1-3H3. The van der Waals surface area contributed by atoms with Gasteiger partial charge in [0, 0.05) is 31.2 Å². The van der Waals surface area contributed by atoms with Gasteiger partial charge in [-0.15, -0.1) is 0 Å². The zero-order valence-corrected chi connectivity index (χ0v) is 12.7. The molecule has 1 N–H and O–H groups in total. The Morgan fingerprint density at radius 3 is 3.00 bits per heavy atom. The molecular formula is C15H25FN4. The monoisotopic (exact) mass is 280 g/mol. The summed E-state index contributed by atoms with van der Waals surface area (Å²) in [5, 5.41) is 3.27. The maximum absolute atomic E-state index is 13.5. The summed E-state index contributed by atoms with van der Waals surface area (Å²) >= 11 is 0. The van der Waals surface area contributed by atoms with E-state index in [1.54, 1.807) is 6.07 Å². The third-order valence-electron chi connectivity index (χ3n) is 3.70. The minimum absolute atomic E-state index is 0.259. The molecule has 1 fully saturated rings. The molecule has 0 amide bonds. The number of anilines is 1. The predicted molar refractivity (Wildman–Crippen MR) is 80.5 cm³/mol. The van der Waals surface area contributed by atoms with Gasteiger partial charge in [0.15, 0.2) is 0 Å². The molecule has 1 aromatic rings. The van der Waals surface area contributed by atoms with Gasteiger partial charge in [0.25, 0.3) is 0 Å². The van der Waals surface area contributed by atoms with Crippen LogP contribution < -0.4 is 10.2 Å². The first-order chi connectivity index (χ1) is 9.61. The van der Waals surface area contributed by atoms with Crippen molar-refractivity contribution in [3.05, 3.63) is 23.6 Å². The van der Waals surface area contributed by atoms with Crippen molar-refractivity contribution in [2.24, 2.45) is 0 Å². The second kappa shape index (κ2) is 6.99. The van der Waals surface area contributed by atoms with E-state index in [9.17, 15) is 4.39 Å². The van der Waals surface area contributed by atoms with Gasteiger partial charge in [-0.3, -0.25) is 0 Å². The van der Waals surface area contributed by atoms with E-state index in [-0.39, 0.29) is 5.82 Å². The normalized spacial score (nSPS) is 19.1. The number of likely N-dealkylation sites (N-methyl/N-ethyl adjacent to an activating group) is 1. The number of aromatic nitrogens is 1. The molecule has 0 aliphatic carbocycles. The summed E-state index contributed by atoms with van der Waals surface area (Å²) in [6.07, 6.45) is 3.69. The van der Waals surface area contributed by atoms with Crippen LogP contribution in [0.4, 0.5) is 10.2 Å². The van der Waals surface area contributed by atoms with E-state index in [1.165, 1.54) is 19.0 Å². The van der Waals surface area contributed by atoms with Crippen molar-refractivity contribution in [1.29, 1.82) is 0 Å². The fraction of sp³-hybridized carbons (Fsp3) is 0.667. The average molecular weight is 280 g/mol. The zero-order valence-electron chi connectivity index (χ0n) is 12.7. The summed E-state index contributed by atoms with van der Waals surface area (Å²) in [7, 11) is 4.18. The molecule has 5 heteroatoms. The highest BCUT2D eigenvalue weighted by molar-refractivity contribution is 5.49. The summed E-state index contributed by atoms with van der Waals surface area (Å²) in [5.41, 5.74) is 0.956. The van der Waals surface area contributed by atoms with Crippen molar-refractivity contribution < 1.29 is 4.39 Å². The molecule has 0 bridgehead atoms. The van der Waals surface area contributed by atoms with Crippen molar-refractivity contribution in [2.45, 2.75) is 32.4 Å². The molecule has 0 saturated carbocycles. The summed E-state index contributed by atoms with van der Waals surface area (Å²) in [4.78, 5) is 8.91. The van der Waals surface area contributed by atoms with E-state index in [0.29, 0.717) is 12.6 Å². The Balaban J connectivity index is 2.21. The van der Waals surface area contributed by atoms with Crippen LogP contribution in [0.3, 0.4) is 0 Å². The SMILES string of the molecule is CCNCc1cc(F)cnc1N1CCCC1CN(C)C. The van der Waals surface area contributed by atoms with Crippen molar-refractivity contribution in [2.75, 3.05) is 38.6 Å². The Labute approximate surface area is 121 Å². The lowest BCUT2D eigenvalue weighted by Gasteiger charge is -2.29. The first-order valence-electron chi connectivity index (χ1n) is 7.38. The molecule has 0 aromatic carbocycles. The molecule has 2 rings (SSSR count). The average Bonchev–Trinajstić information content (AvgIpc) is 2.83. The molecule has 20 heavy (non-hydrogen) atoms. The molecule has 2 heterocycles. The van der Waals surface area contributed by atoms with Crippen LogP contribution in [0, 0.1) is 5.82 Å². The molecule has 1 atom stereocenters. The smallest absolute Gasteiger partial charge is 0.141 e. The van der Waals surface area contributed by atoms with Gasteiger partial charge in [0.1, 0.15) is 11.6 Å². The van der Waals surface area contributed by atoms with Crippen molar-refractivity contribution in [1.82, 2.24) is 15.2 Å². The topological polar surface area (TPSA) is 31.4 Å². The molecule has 1 unspecified atom stereocenters. The number of hydrogen-bond acceptors (Lipinski definition) is 4. The molecule has 4 nitrogen and oxygen atoms in total. The van der Waals surface area contributed by atoms with E-state index in [1.807, 2.05) is 0 Å². The van der Waals surface area contributed by atoms with Gasteiger partial charge in [0.05, 0.1) is 6.20 Å². The lowest BCUT2D eigenvalue weighted by atomic mass is 10.2. The third kappa shape index (κ3) is 3.67. The highest BCUT2D eigenvalue weighted by Crippen LogP contribution is 2.27. The van der Waals surface area contributed by atoms with Crippen LogP contribution in [-0.2, 0) is 6.54 Å². The largest absolute Gasteiger partial charge is 0.352 e.